The smallest absolute Gasteiger partial charge is 0.228 e. The third-order valence-corrected chi connectivity index (χ3v) is 6.30. The Morgan fingerprint density at radius 3 is 2.48 bits per heavy atom. The minimum atomic E-state index is -3.64. The highest BCUT2D eigenvalue weighted by molar-refractivity contribution is 7.91. The normalized spacial score (nSPS) is 11.5. The molecule has 0 aliphatic rings. The van der Waals surface area contributed by atoms with Gasteiger partial charge in [-0.15, -0.1) is 0 Å². The number of benzene rings is 2. The number of Topliss-reactive ketones (excluding diaryl/α,β-unsaturated/α-hetero) is 1. The minimum Gasteiger partial charge on any atom is -0.441 e. The summed E-state index contributed by atoms with van der Waals surface area (Å²) in [5, 5.41) is 0.469. The molecule has 0 radical (unpaired) electrons. The average molecular weight is 432 g/mol. The van der Waals surface area contributed by atoms with E-state index in [1.54, 1.807) is 31.2 Å². The van der Waals surface area contributed by atoms with Gasteiger partial charge in [-0.2, -0.15) is 0 Å². The van der Waals surface area contributed by atoms with Crippen LogP contribution >= 0.6 is 11.6 Å². The van der Waals surface area contributed by atoms with Crippen molar-refractivity contribution in [2.45, 2.75) is 31.9 Å². The number of aromatic nitrogens is 1. The van der Waals surface area contributed by atoms with Gasteiger partial charge in [0.2, 0.25) is 5.89 Å². The number of carbonyl (C=O) groups excluding carboxylic acids is 1. The van der Waals surface area contributed by atoms with Crippen molar-refractivity contribution in [1.82, 2.24) is 4.98 Å². The molecule has 0 aliphatic heterocycles. The van der Waals surface area contributed by atoms with Crippen molar-refractivity contribution in [2.75, 3.05) is 5.75 Å². The van der Waals surface area contributed by atoms with E-state index in [9.17, 15) is 13.2 Å². The first-order valence-electron chi connectivity index (χ1n) is 9.31. The number of halogens is 1. The number of hydrogen-bond acceptors (Lipinski definition) is 5. The summed E-state index contributed by atoms with van der Waals surface area (Å²) >= 11 is 6.15. The number of rotatable bonds is 9. The maximum absolute atomic E-state index is 12.5. The monoisotopic (exact) mass is 431 g/mol. The standard InChI is InChI=1S/C22H22ClNO4S/c1-16-21(24-22(28-16)19-12-5-6-13-20(19)23)15-29(26,27)14-18(25)11-7-10-17-8-3-2-4-9-17/h2-6,8-9,12-13H,7,10-11,14-15H2,1H3. The van der Waals surface area contributed by atoms with Crippen LogP contribution in [-0.4, -0.2) is 24.9 Å². The van der Waals surface area contributed by atoms with Gasteiger partial charge in [-0.25, -0.2) is 13.4 Å². The van der Waals surface area contributed by atoms with Crippen LogP contribution in [0.25, 0.3) is 11.5 Å². The summed E-state index contributed by atoms with van der Waals surface area (Å²) in [5.74, 6) is -0.437. The Hall–Kier alpha value is -2.44. The number of nitrogens with zero attached hydrogens (tertiary/aromatic N) is 1. The van der Waals surface area contributed by atoms with Gasteiger partial charge in [-0.3, -0.25) is 4.79 Å². The molecule has 152 valence electrons. The predicted molar refractivity (Wildman–Crippen MR) is 114 cm³/mol. The van der Waals surface area contributed by atoms with Gasteiger partial charge in [-0.1, -0.05) is 54.1 Å². The number of ketones is 1. The summed E-state index contributed by atoms with van der Waals surface area (Å²) in [6.45, 7) is 1.65. The molecule has 0 N–H and O–H groups in total. The van der Waals surface area contributed by atoms with Gasteiger partial charge in [-0.05, 0) is 37.5 Å². The summed E-state index contributed by atoms with van der Waals surface area (Å²) in [4.78, 5) is 16.4. The molecule has 0 atom stereocenters. The van der Waals surface area contributed by atoms with Crippen molar-refractivity contribution in [3.63, 3.8) is 0 Å². The second kappa shape index (κ2) is 9.37. The van der Waals surface area contributed by atoms with Crippen molar-refractivity contribution in [3.05, 3.63) is 76.6 Å². The molecule has 0 saturated heterocycles. The van der Waals surface area contributed by atoms with Crippen LogP contribution in [0, 0.1) is 6.92 Å². The molecule has 0 unspecified atom stereocenters. The lowest BCUT2D eigenvalue weighted by atomic mass is 10.1. The van der Waals surface area contributed by atoms with Crippen LogP contribution in [-0.2, 0) is 26.8 Å². The maximum atomic E-state index is 12.5. The topological polar surface area (TPSA) is 77.2 Å². The predicted octanol–water partition coefficient (Wildman–Crippen LogP) is 4.81. The highest BCUT2D eigenvalue weighted by atomic mass is 35.5. The van der Waals surface area contributed by atoms with Crippen LogP contribution in [0.4, 0.5) is 0 Å². The first-order chi connectivity index (χ1) is 13.8. The fraction of sp³-hybridized carbons (Fsp3) is 0.273. The molecule has 5 nitrogen and oxygen atoms in total. The second-order valence-corrected chi connectivity index (χ2v) is 9.38. The summed E-state index contributed by atoms with van der Waals surface area (Å²) in [7, 11) is -3.64. The van der Waals surface area contributed by atoms with Crippen molar-refractivity contribution in [2.24, 2.45) is 0 Å². The molecule has 3 rings (SSSR count). The number of aryl methyl sites for hydroxylation is 2. The molecular weight excluding hydrogens is 410 g/mol. The van der Waals surface area contributed by atoms with E-state index in [1.807, 2.05) is 30.3 Å². The Kier molecular flexibility index (Phi) is 6.87. The van der Waals surface area contributed by atoms with E-state index in [2.05, 4.69) is 4.98 Å². The summed E-state index contributed by atoms with van der Waals surface area (Å²) in [5.41, 5.74) is 2.03. The molecule has 2 aromatic carbocycles. The molecule has 1 aromatic heterocycles. The SMILES string of the molecule is Cc1oc(-c2ccccc2Cl)nc1CS(=O)(=O)CC(=O)CCCc1ccccc1. The highest BCUT2D eigenvalue weighted by Gasteiger charge is 2.22. The molecule has 0 saturated carbocycles. The quantitative estimate of drug-likeness (QED) is 0.485. The van der Waals surface area contributed by atoms with Crippen LogP contribution in [0.5, 0.6) is 0 Å². The van der Waals surface area contributed by atoms with E-state index < -0.39 is 15.6 Å². The van der Waals surface area contributed by atoms with Crippen LogP contribution in [0.15, 0.2) is 59.0 Å². The Morgan fingerprint density at radius 2 is 1.76 bits per heavy atom. The van der Waals surface area contributed by atoms with Gasteiger partial charge < -0.3 is 4.42 Å². The van der Waals surface area contributed by atoms with Gasteiger partial charge in [0.05, 0.1) is 22.0 Å². The third kappa shape index (κ3) is 6.02. The van der Waals surface area contributed by atoms with E-state index in [1.165, 1.54) is 0 Å². The number of sulfone groups is 1. The van der Waals surface area contributed by atoms with Crippen LogP contribution in [0.3, 0.4) is 0 Å². The molecule has 1 heterocycles. The lowest BCUT2D eigenvalue weighted by Crippen LogP contribution is -2.18. The molecule has 0 aliphatic carbocycles. The van der Waals surface area contributed by atoms with Gasteiger partial charge in [0, 0.05) is 6.42 Å². The van der Waals surface area contributed by atoms with Gasteiger partial charge in [0.25, 0.3) is 0 Å². The molecule has 0 spiro atoms. The number of oxazole rings is 1. The Morgan fingerprint density at radius 1 is 1.07 bits per heavy atom. The van der Waals surface area contributed by atoms with Gasteiger partial charge in [0.15, 0.2) is 9.84 Å². The minimum absolute atomic E-state index is 0.233. The molecule has 0 amide bonds. The maximum Gasteiger partial charge on any atom is 0.228 e. The first-order valence-corrected chi connectivity index (χ1v) is 11.5. The van der Waals surface area contributed by atoms with E-state index >= 15 is 0 Å². The summed E-state index contributed by atoms with van der Waals surface area (Å²) in [6.07, 6.45) is 1.60. The first kappa shape index (κ1) is 21.3. The Bertz CT molecular complexity index is 1090. The van der Waals surface area contributed by atoms with E-state index in [-0.39, 0.29) is 23.8 Å². The third-order valence-electron chi connectivity index (χ3n) is 4.50. The Balaban J connectivity index is 1.59. The van der Waals surface area contributed by atoms with Crippen molar-refractivity contribution in [3.8, 4) is 11.5 Å². The van der Waals surface area contributed by atoms with Gasteiger partial charge >= 0.3 is 0 Å². The fourth-order valence-electron chi connectivity index (χ4n) is 3.02. The summed E-state index contributed by atoms with van der Waals surface area (Å²) < 4.78 is 30.6. The summed E-state index contributed by atoms with van der Waals surface area (Å²) in [6, 6.07) is 16.9. The number of carbonyl (C=O) groups is 1. The molecule has 29 heavy (non-hydrogen) atoms. The van der Waals surface area contributed by atoms with E-state index in [0.717, 1.165) is 12.0 Å². The van der Waals surface area contributed by atoms with Crippen LogP contribution in [0.1, 0.15) is 29.9 Å². The van der Waals surface area contributed by atoms with Crippen molar-refractivity contribution in [1.29, 1.82) is 0 Å². The zero-order valence-corrected chi connectivity index (χ0v) is 17.7. The van der Waals surface area contributed by atoms with E-state index in [4.69, 9.17) is 16.0 Å². The van der Waals surface area contributed by atoms with Gasteiger partial charge in [0.1, 0.15) is 17.3 Å². The lowest BCUT2D eigenvalue weighted by molar-refractivity contribution is -0.116. The fourth-order valence-corrected chi connectivity index (χ4v) is 4.66. The Labute approximate surface area is 175 Å². The largest absolute Gasteiger partial charge is 0.441 e. The molecule has 7 heteroatoms. The zero-order valence-electron chi connectivity index (χ0n) is 16.1. The van der Waals surface area contributed by atoms with Crippen LogP contribution < -0.4 is 0 Å². The van der Waals surface area contributed by atoms with Crippen molar-refractivity contribution >= 4 is 27.2 Å². The molecule has 0 fully saturated rings. The second-order valence-electron chi connectivity index (χ2n) is 6.91. The molecule has 0 bridgehead atoms. The highest BCUT2D eigenvalue weighted by Crippen LogP contribution is 2.29. The average Bonchev–Trinajstić information content (AvgIpc) is 3.02. The zero-order chi connectivity index (χ0) is 20.9. The molecular formula is C22H22ClNO4S. The molecule has 3 aromatic rings. The van der Waals surface area contributed by atoms with Crippen LogP contribution in [0.2, 0.25) is 5.02 Å². The number of hydrogen-bond donors (Lipinski definition) is 0. The lowest BCUT2D eigenvalue weighted by Gasteiger charge is -2.03. The van der Waals surface area contributed by atoms with Crippen molar-refractivity contribution < 1.29 is 17.6 Å². The van der Waals surface area contributed by atoms with E-state index in [0.29, 0.717) is 28.5 Å².